The number of sulfonamides is 1. The number of carbonyl (C=O) groups excluding carboxylic acids is 2. The SMILES string of the molecule is CCOc1ccc(C(=O)Oc2ccc(Br)cc2/C=N/NC(=O)c2ccc(NS(=O)(=O)c3ccc(Cl)cc3)cc2)cc1. The van der Waals surface area contributed by atoms with Crippen LogP contribution in [-0.2, 0) is 10.0 Å². The molecule has 12 heteroatoms. The van der Waals surface area contributed by atoms with Crippen LogP contribution in [0.15, 0.2) is 105 Å². The average Bonchev–Trinajstić information content (AvgIpc) is 2.95. The second-order valence-electron chi connectivity index (χ2n) is 8.36. The Balaban J connectivity index is 1.39. The number of amides is 1. The lowest BCUT2D eigenvalue weighted by Gasteiger charge is -2.09. The number of benzene rings is 4. The fourth-order valence-corrected chi connectivity index (χ4v) is 5.03. The van der Waals surface area contributed by atoms with E-state index in [9.17, 15) is 18.0 Å². The van der Waals surface area contributed by atoms with Gasteiger partial charge in [-0.25, -0.2) is 18.6 Å². The van der Waals surface area contributed by atoms with Gasteiger partial charge in [0.2, 0.25) is 0 Å². The number of anilines is 1. The van der Waals surface area contributed by atoms with Gasteiger partial charge in [-0.05, 0) is 97.9 Å². The zero-order chi connectivity index (χ0) is 29.4. The Morgan fingerprint density at radius 3 is 2.24 bits per heavy atom. The van der Waals surface area contributed by atoms with E-state index in [1.807, 2.05) is 6.92 Å². The highest BCUT2D eigenvalue weighted by Crippen LogP contribution is 2.24. The second-order valence-corrected chi connectivity index (χ2v) is 11.4. The maximum absolute atomic E-state index is 12.7. The van der Waals surface area contributed by atoms with E-state index in [1.165, 1.54) is 54.7 Å². The first-order valence-electron chi connectivity index (χ1n) is 12.1. The third kappa shape index (κ3) is 8.16. The van der Waals surface area contributed by atoms with Gasteiger partial charge in [0.1, 0.15) is 11.5 Å². The van der Waals surface area contributed by atoms with Crippen LogP contribution in [0.5, 0.6) is 11.5 Å². The summed E-state index contributed by atoms with van der Waals surface area (Å²) in [5, 5.41) is 4.40. The van der Waals surface area contributed by atoms with E-state index in [0.29, 0.717) is 33.0 Å². The number of ether oxygens (including phenoxy) is 2. The fourth-order valence-electron chi connectivity index (χ4n) is 3.47. The smallest absolute Gasteiger partial charge is 0.343 e. The number of halogens is 2. The Kier molecular flexibility index (Phi) is 9.77. The molecule has 41 heavy (non-hydrogen) atoms. The number of nitrogens with one attached hydrogen (secondary N) is 2. The highest BCUT2D eigenvalue weighted by atomic mass is 79.9. The summed E-state index contributed by atoms with van der Waals surface area (Å²) < 4.78 is 39.2. The molecule has 0 spiro atoms. The number of hydrogen-bond acceptors (Lipinski definition) is 7. The lowest BCUT2D eigenvalue weighted by atomic mass is 10.2. The molecular formula is C29H23BrClN3O6S. The minimum absolute atomic E-state index is 0.0511. The number of nitrogens with zero attached hydrogens (tertiary/aromatic N) is 1. The van der Waals surface area contributed by atoms with Gasteiger partial charge in [0.15, 0.2) is 0 Å². The number of hydrogen-bond donors (Lipinski definition) is 2. The summed E-state index contributed by atoms with van der Waals surface area (Å²) in [4.78, 5) is 25.3. The molecule has 0 aliphatic rings. The molecule has 0 heterocycles. The molecule has 2 N–H and O–H groups in total. The minimum Gasteiger partial charge on any atom is -0.494 e. The van der Waals surface area contributed by atoms with Crippen molar-refractivity contribution in [3.63, 3.8) is 0 Å². The van der Waals surface area contributed by atoms with Crippen LogP contribution in [-0.4, -0.2) is 33.1 Å². The Morgan fingerprint density at radius 2 is 1.59 bits per heavy atom. The highest BCUT2D eigenvalue weighted by molar-refractivity contribution is 9.10. The first kappa shape index (κ1) is 29.8. The molecule has 210 valence electrons. The van der Waals surface area contributed by atoms with Crippen molar-refractivity contribution in [3.8, 4) is 11.5 Å². The molecule has 1 amide bonds. The topological polar surface area (TPSA) is 123 Å². The van der Waals surface area contributed by atoms with E-state index in [0.717, 1.165) is 0 Å². The Labute approximate surface area is 250 Å². The zero-order valence-electron chi connectivity index (χ0n) is 21.5. The summed E-state index contributed by atoms with van der Waals surface area (Å²) in [6.07, 6.45) is 1.35. The summed E-state index contributed by atoms with van der Waals surface area (Å²) in [5.41, 5.74) is 3.70. The van der Waals surface area contributed by atoms with Gasteiger partial charge in [-0.1, -0.05) is 27.5 Å². The fraction of sp³-hybridized carbons (Fsp3) is 0.0690. The van der Waals surface area contributed by atoms with Gasteiger partial charge in [0.25, 0.3) is 15.9 Å². The van der Waals surface area contributed by atoms with Crippen LogP contribution < -0.4 is 19.6 Å². The molecule has 0 unspecified atom stereocenters. The standard InChI is InChI=1S/C29H23BrClN3O6S/c1-2-39-25-12-5-20(6-13-25)29(36)40-27-16-7-22(30)17-21(27)18-32-33-28(35)19-3-10-24(11-4-19)34-41(37,38)26-14-8-23(31)9-15-26/h3-18,34H,2H2,1H3,(H,33,35)/b32-18+. The van der Waals surface area contributed by atoms with Gasteiger partial charge < -0.3 is 9.47 Å². The summed E-state index contributed by atoms with van der Waals surface area (Å²) in [7, 11) is -3.82. The van der Waals surface area contributed by atoms with Crippen LogP contribution in [0, 0.1) is 0 Å². The molecule has 0 atom stereocenters. The van der Waals surface area contributed by atoms with Gasteiger partial charge in [0.05, 0.1) is 23.3 Å². The van der Waals surface area contributed by atoms with Crippen LogP contribution in [0.2, 0.25) is 5.02 Å². The Bertz CT molecular complexity index is 1680. The van der Waals surface area contributed by atoms with E-state index < -0.39 is 21.9 Å². The summed E-state index contributed by atoms with van der Waals surface area (Å²) >= 11 is 9.20. The summed E-state index contributed by atoms with van der Waals surface area (Å²) in [6.45, 7) is 2.38. The molecule has 0 fully saturated rings. The molecule has 4 aromatic rings. The van der Waals surface area contributed by atoms with E-state index >= 15 is 0 Å². The van der Waals surface area contributed by atoms with Gasteiger partial charge in [-0.3, -0.25) is 9.52 Å². The van der Waals surface area contributed by atoms with Crippen LogP contribution >= 0.6 is 27.5 Å². The van der Waals surface area contributed by atoms with Crippen molar-refractivity contribution < 1.29 is 27.5 Å². The van der Waals surface area contributed by atoms with Crippen LogP contribution in [0.4, 0.5) is 5.69 Å². The molecule has 4 aromatic carbocycles. The van der Waals surface area contributed by atoms with Crippen LogP contribution in [0.1, 0.15) is 33.2 Å². The molecule has 0 aromatic heterocycles. The molecule has 4 rings (SSSR count). The van der Waals surface area contributed by atoms with Crippen molar-refractivity contribution in [2.45, 2.75) is 11.8 Å². The molecule has 9 nitrogen and oxygen atoms in total. The Hall–Kier alpha value is -4.19. The average molecular weight is 657 g/mol. The maximum atomic E-state index is 12.7. The molecule has 0 saturated heterocycles. The highest BCUT2D eigenvalue weighted by Gasteiger charge is 2.15. The minimum atomic E-state index is -3.82. The molecule has 0 aliphatic heterocycles. The van der Waals surface area contributed by atoms with Crippen LogP contribution in [0.3, 0.4) is 0 Å². The largest absolute Gasteiger partial charge is 0.494 e. The summed E-state index contributed by atoms with van der Waals surface area (Å²) in [6, 6.07) is 23.1. The van der Waals surface area contributed by atoms with E-state index in [2.05, 4.69) is 31.2 Å². The molecule has 0 bridgehead atoms. The van der Waals surface area contributed by atoms with E-state index in [-0.39, 0.29) is 21.9 Å². The number of rotatable bonds is 10. The monoisotopic (exact) mass is 655 g/mol. The van der Waals surface area contributed by atoms with Gasteiger partial charge in [-0.15, -0.1) is 0 Å². The lowest BCUT2D eigenvalue weighted by molar-refractivity contribution is 0.0734. The molecule has 0 radical (unpaired) electrons. The first-order chi connectivity index (χ1) is 19.6. The van der Waals surface area contributed by atoms with Crippen LogP contribution in [0.25, 0.3) is 0 Å². The van der Waals surface area contributed by atoms with Crippen molar-refractivity contribution in [2.24, 2.45) is 5.10 Å². The molecular weight excluding hydrogens is 634 g/mol. The maximum Gasteiger partial charge on any atom is 0.343 e. The summed E-state index contributed by atoms with van der Waals surface area (Å²) in [5.74, 6) is -0.218. The molecule has 0 aliphatic carbocycles. The number of carbonyl (C=O) groups is 2. The quantitative estimate of drug-likeness (QED) is 0.0896. The molecule has 0 saturated carbocycles. The van der Waals surface area contributed by atoms with Gasteiger partial charge in [0, 0.05) is 26.3 Å². The van der Waals surface area contributed by atoms with Gasteiger partial charge in [-0.2, -0.15) is 5.10 Å². The predicted octanol–water partition coefficient (Wildman–Crippen LogP) is 6.29. The predicted molar refractivity (Wildman–Crippen MR) is 160 cm³/mol. The van der Waals surface area contributed by atoms with E-state index in [4.69, 9.17) is 21.1 Å². The third-order valence-electron chi connectivity index (χ3n) is 5.47. The van der Waals surface area contributed by atoms with Crippen molar-refractivity contribution in [3.05, 3.63) is 117 Å². The van der Waals surface area contributed by atoms with Crippen molar-refractivity contribution in [1.29, 1.82) is 0 Å². The normalized spacial score (nSPS) is 11.2. The van der Waals surface area contributed by atoms with Crippen molar-refractivity contribution in [2.75, 3.05) is 11.3 Å². The number of hydrazone groups is 1. The second kappa shape index (κ2) is 13.4. The van der Waals surface area contributed by atoms with Gasteiger partial charge >= 0.3 is 5.97 Å². The van der Waals surface area contributed by atoms with Crippen molar-refractivity contribution in [1.82, 2.24) is 5.43 Å². The first-order valence-corrected chi connectivity index (χ1v) is 14.8. The number of esters is 1. The van der Waals surface area contributed by atoms with Crippen molar-refractivity contribution >= 4 is 61.3 Å². The van der Waals surface area contributed by atoms with E-state index in [1.54, 1.807) is 42.5 Å². The zero-order valence-corrected chi connectivity index (χ0v) is 24.7. The third-order valence-corrected chi connectivity index (χ3v) is 7.61. The Morgan fingerprint density at radius 1 is 0.927 bits per heavy atom. The lowest BCUT2D eigenvalue weighted by Crippen LogP contribution is -2.18.